The molecule has 0 unspecified atom stereocenters. The second-order valence-corrected chi connectivity index (χ2v) is 10.5. The Hall–Kier alpha value is -2.78. The molecule has 0 saturated carbocycles. The van der Waals surface area contributed by atoms with Crippen LogP contribution in [-0.2, 0) is 34.3 Å². The van der Waals surface area contributed by atoms with Gasteiger partial charge in [0.2, 0.25) is 15.9 Å². The van der Waals surface area contributed by atoms with E-state index in [2.05, 4.69) is 21.8 Å². The molecule has 178 valence electrons. The number of nitrogens with zero attached hydrogens (tertiary/aromatic N) is 3. The van der Waals surface area contributed by atoms with Gasteiger partial charge in [0, 0.05) is 40.0 Å². The van der Waals surface area contributed by atoms with Crippen LogP contribution in [0, 0.1) is 12.7 Å². The van der Waals surface area contributed by atoms with E-state index in [1.54, 1.807) is 37.3 Å². The van der Waals surface area contributed by atoms with Crippen LogP contribution in [0.4, 0.5) is 4.39 Å². The van der Waals surface area contributed by atoms with Crippen LogP contribution in [0.5, 0.6) is 0 Å². The molecule has 2 aromatic carbocycles. The number of hydrogen-bond donors (Lipinski definition) is 1. The molecular formula is C24H31FN4O3S. The SMILES string of the molecule is CCCCn1c(CCC(=O)NCc2ccc(C)c(F)c2)nc2cc(S(=O)(=O)N(C)C)ccc21. The number of nitrogens with one attached hydrogen (secondary N) is 1. The van der Waals surface area contributed by atoms with Gasteiger partial charge in [-0.15, -0.1) is 0 Å². The Morgan fingerprint density at radius 1 is 1.18 bits per heavy atom. The highest BCUT2D eigenvalue weighted by Crippen LogP contribution is 2.23. The van der Waals surface area contributed by atoms with Crippen molar-refractivity contribution in [2.24, 2.45) is 0 Å². The molecule has 3 aromatic rings. The normalized spacial score (nSPS) is 11.9. The number of carbonyl (C=O) groups excluding carboxylic acids is 1. The number of amides is 1. The van der Waals surface area contributed by atoms with Crippen molar-refractivity contribution in [3.63, 3.8) is 0 Å². The fraction of sp³-hybridized carbons (Fsp3) is 0.417. The van der Waals surface area contributed by atoms with Crippen molar-refractivity contribution in [1.29, 1.82) is 0 Å². The van der Waals surface area contributed by atoms with E-state index < -0.39 is 10.0 Å². The largest absolute Gasteiger partial charge is 0.352 e. The molecule has 0 atom stereocenters. The first-order chi connectivity index (χ1) is 15.6. The van der Waals surface area contributed by atoms with Gasteiger partial charge in [-0.05, 0) is 48.7 Å². The molecule has 9 heteroatoms. The zero-order valence-corrected chi connectivity index (χ0v) is 20.4. The third-order valence-electron chi connectivity index (χ3n) is 5.61. The first-order valence-corrected chi connectivity index (χ1v) is 12.5. The second kappa shape index (κ2) is 10.4. The van der Waals surface area contributed by atoms with Crippen LogP contribution in [0.25, 0.3) is 11.0 Å². The lowest BCUT2D eigenvalue weighted by Gasteiger charge is -2.11. The molecule has 0 bridgehead atoms. The minimum Gasteiger partial charge on any atom is -0.352 e. The molecule has 0 aliphatic carbocycles. The molecule has 0 spiro atoms. The molecule has 0 radical (unpaired) electrons. The van der Waals surface area contributed by atoms with Crippen molar-refractivity contribution < 1.29 is 17.6 Å². The maximum Gasteiger partial charge on any atom is 0.242 e. The number of imidazole rings is 1. The minimum absolute atomic E-state index is 0.152. The Kier molecular flexibility index (Phi) is 7.86. The molecule has 0 saturated heterocycles. The van der Waals surface area contributed by atoms with Gasteiger partial charge in [0.15, 0.2) is 0 Å². The standard InChI is InChI=1S/C24H31FN4O3S/c1-5-6-13-29-22-10-9-19(33(31,32)28(3)4)15-21(22)27-23(29)11-12-24(30)26-16-18-8-7-17(2)20(25)14-18/h7-10,14-15H,5-6,11-13,16H2,1-4H3,(H,26,30). The van der Waals surface area contributed by atoms with Gasteiger partial charge in [-0.25, -0.2) is 22.1 Å². The van der Waals surface area contributed by atoms with E-state index in [9.17, 15) is 17.6 Å². The Labute approximate surface area is 194 Å². The highest BCUT2D eigenvalue weighted by Gasteiger charge is 2.20. The summed E-state index contributed by atoms with van der Waals surface area (Å²) in [6.07, 6.45) is 2.59. The first-order valence-electron chi connectivity index (χ1n) is 11.1. The maximum atomic E-state index is 13.7. The third kappa shape index (κ3) is 5.78. The van der Waals surface area contributed by atoms with E-state index in [1.807, 2.05) is 0 Å². The van der Waals surface area contributed by atoms with E-state index in [1.165, 1.54) is 24.5 Å². The summed E-state index contributed by atoms with van der Waals surface area (Å²) >= 11 is 0. The number of aromatic nitrogens is 2. The maximum absolute atomic E-state index is 13.7. The van der Waals surface area contributed by atoms with Gasteiger partial charge < -0.3 is 9.88 Å². The lowest BCUT2D eigenvalue weighted by molar-refractivity contribution is -0.121. The van der Waals surface area contributed by atoms with Gasteiger partial charge in [-0.3, -0.25) is 4.79 Å². The molecule has 7 nitrogen and oxygen atoms in total. The van der Waals surface area contributed by atoms with Crippen molar-refractivity contribution in [1.82, 2.24) is 19.2 Å². The molecule has 3 rings (SSSR count). The van der Waals surface area contributed by atoms with Crippen molar-refractivity contribution >= 4 is 27.0 Å². The zero-order chi connectivity index (χ0) is 24.2. The minimum atomic E-state index is -3.56. The van der Waals surface area contributed by atoms with Crippen molar-refractivity contribution in [2.45, 2.75) is 57.5 Å². The molecule has 33 heavy (non-hydrogen) atoms. The highest BCUT2D eigenvalue weighted by atomic mass is 32.2. The molecule has 0 aliphatic rings. The summed E-state index contributed by atoms with van der Waals surface area (Å²) in [5, 5.41) is 2.83. The Balaban J connectivity index is 1.76. The van der Waals surface area contributed by atoms with E-state index in [-0.39, 0.29) is 29.6 Å². The van der Waals surface area contributed by atoms with Gasteiger partial charge in [-0.1, -0.05) is 25.5 Å². The summed E-state index contributed by atoms with van der Waals surface area (Å²) in [6.45, 7) is 4.80. The Morgan fingerprint density at radius 3 is 2.61 bits per heavy atom. The summed E-state index contributed by atoms with van der Waals surface area (Å²) < 4.78 is 41.9. The van der Waals surface area contributed by atoms with Crippen molar-refractivity contribution in [2.75, 3.05) is 14.1 Å². The van der Waals surface area contributed by atoms with Gasteiger partial charge >= 0.3 is 0 Å². The number of rotatable bonds is 10. The second-order valence-electron chi connectivity index (χ2n) is 8.33. The average Bonchev–Trinajstić information content (AvgIpc) is 3.13. The fourth-order valence-corrected chi connectivity index (χ4v) is 4.47. The predicted octanol–water partition coefficient (Wildman–Crippen LogP) is 3.78. The van der Waals surface area contributed by atoms with Crippen LogP contribution < -0.4 is 5.32 Å². The zero-order valence-electron chi connectivity index (χ0n) is 19.6. The molecule has 1 heterocycles. The van der Waals surface area contributed by atoms with Crippen LogP contribution in [-0.4, -0.2) is 42.3 Å². The van der Waals surface area contributed by atoms with Gasteiger partial charge in [-0.2, -0.15) is 0 Å². The Morgan fingerprint density at radius 2 is 1.94 bits per heavy atom. The van der Waals surface area contributed by atoms with Gasteiger partial charge in [0.1, 0.15) is 11.6 Å². The number of hydrogen-bond acceptors (Lipinski definition) is 4. The summed E-state index contributed by atoms with van der Waals surface area (Å²) in [6, 6.07) is 9.88. The van der Waals surface area contributed by atoms with E-state index >= 15 is 0 Å². The summed E-state index contributed by atoms with van der Waals surface area (Å²) in [5.74, 6) is 0.303. The van der Waals surface area contributed by atoms with Crippen LogP contribution in [0.3, 0.4) is 0 Å². The van der Waals surface area contributed by atoms with E-state index in [0.29, 0.717) is 23.1 Å². The predicted molar refractivity (Wildman–Crippen MR) is 127 cm³/mol. The van der Waals surface area contributed by atoms with Gasteiger partial charge in [0.25, 0.3) is 0 Å². The number of halogens is 1. The van der Waals surface area contributed by atoms with Crippen LogP contribution in [0.2, 0.25) is 0 Å². The Bertz CT molecular complexity index is 1250. The first kappa shape index (κ1) is 24.9. The number of fused-ring (bicyclic) bond motifs is 1. The number of sulfonamides is 1. The molecule has 1 amide bonds. The smallest absolute Gasteiger partial charge is 0.242 e. The summed E-state index contributed by atoms with van der Waals surface area (Å²) in [5.41, 5.74) is 2.72. The lowest BCUT2D eigenvalue weighted by Crippen LogP contribution is -2.23. The number of unbranched alkanes of at least 4 members (excludes halogenated alkanes) is 1. The number of carbonyl (C=O) groups is 1. The molecule has 1 N–H and O–H groups in total. The average molecular weight is 475 g/mol. The molecular weight excluding hydrogens is 443 g/mol. The van der Waals surface area contributed by atoms with Crippen LogP contribution in [0.1, 0.15) is 43.1 Å². The fourth-order valence-electron chi connectivity index (χ4n) is 3.55. The van der Waals surface area contributed by atoms with E-state index in [0.717, 1.165) is 30.7 Å². The summed E-state index contributed by atoms with van der Waals surface area (Å²) in [4.78, 5) is 17.3. The van der Waals surface area contributed by atoms with Gasteiger partial charge in [0.05, 0.1) is 15.9 Å². The van der Waals surface area contributed by atoms with Crippen molar-refractivity contribution in [3.05, 3.63) is 59.2 Å². The van der Waals surface area contributed by atoms with Crippen molar-refractivity contribution in [3.8, 4) is 0 Å². The third-order valence-corrected chi connectivity index (χ3v) is 7.43. The van der Waals surface area contributed by atoms with Crippen LogP contribution >= 0.6 is 0 Å². The number of aryl methyl sites for hydroxylation is 3. The van der Waals surface area contributed by atoms with Crippen LogP contribution in [0.15, 0.2) is 41.3 Å². The topological polar surface area (TPSA) is 84.3 Å². The molecule has 0 fully saturated rings. The van der Waals surface area contributed by atoms with E-state index in [4.69, 9.17) is 0 Å². The lowest BCUT2D eigenvalue weighted by atomic mass is 10.1. The quantitative estimate of drug-likeness (QED) is 0.485. The molecule has 1 aromatic heterocycles. The number of benzene rings is 2. The summed E-state index contributed by atoms with van der Waals surface area (Å²) in [7, 11) is -0.572. The monoisotopic (exact) mass is 474 g/mol. The molecule has 0 aliphatic heterocycles. The highest BCUT2D eigenvalue weighted by molar-refractivity contribution is 7.89.